The number of nitro groups is 1. The second-order valence-corrected chi connectivity index (χ2v) is 6.10. The summed E-state index contributed by atoms with van der Waals surface area (Å²) >= 11 is 0. The fourth-order valence-electron chi connectivity index (χ4n) is 2.82. The molecule has 29 heavy (non-hydrogen) atoms. The monoisotopic (exact) mass is 386 g/mol. The second-order valence-electron chi connectivity index (χ2n) is 6.10. The van der Waals surface area contributed by atoms with Gasteiger partial charge in [-0.3, -0.25) is 14.9 Å². The van der Waals surface area contributed by atoms with E-state index < -0.39 is 10.8 Å². The minimum absolute atomic E-state index is 0.0140. The van der Waals surface area contributed by atoms with Crippen LogP contribution in [-0.2, 0) is 0 Å². The smallest absolute Gasteiger partial charge is 0.272 e. The molecule has 8 nitrogen and oxygen atoms in total. The number of nitro benzene ring substituents is 1. The Hall–Kier alpha value is -4.33. The number of benzene rings is 2. The molecule has 0 saturated carbocycles. The zero-order valence-corrected chi connectivity index (χ0v) is 15.0. The van der Waals surface area contributed by atoms with Gasteiger partial charge in [-0.2, -0.15) is 5.10 Å². The van der Waals surface area contributed by atoms with Gasteiger partial charge >= 0.3 is 0 Å². The number of hydrazone groups is 1. The fraction of sp³-hybridized carbons (Fsp3) is 0. The Kier molecular flexibility index (Phi) is 4.81. The summed E-state index contributed by atoms with van der Waals surface area (Å²) in [6.45, 7) is 0. The molecule has 0 fully saturated rings. The van der Waals surface area contributed by atoms with Gasteiger partial charge in [0.25, 0.3) is 11.6 Å². The number of hydrogen-bond acceptors (Lipinski definition) is 6. The molecule has 0 atom stereocenters. The molecule has 1 N–H and O–H groups in total. The van der Waals surface area contributed by atoms with Crippen molar-refractivity contribution in [2.45, 2.75) is 0 Å². The first-order valence-corrected chi connectivity index (χ1v) is 8.63. The van der Waals surface area contributed by atoms with Crippen LogP contribution < -0.4 is 5.43 Å². The predicted octanol–water partition coefficient (Wildman–Crippen LogP) is 4.17. The SMILES string of the molecule is O=C(N/N=C\c1ccc([N+](=O)[O-])cc1)c1cc(-c2ccco2)nc2ccccc12. The third kappa shape index (κ3) is 3.86. The summed E-state index contributed by atoms with van der Waals surface area (Å²) in [6.07, 6.45) is 2.96. The minimum atomic E-state index is -0.478. The van der Waals surface area contributed by atoms with Gasteiger partial charge < -0.3 is 4.42 Å². The van der Waals surface area contributed by atoms with Crippen molar-refractivity contribution in [2.24, 2.45) is 5.10 Å². The Bertz CT molecular complexity index is 1220. The second kappa shape index (κ2) is 7.73. The van der Waals surface area contributed by atoms with E-state index in [2.05, 4.69) is 15.5 Å². The number of pyridine rings is 1. The standard InChI is InChI=1S/C21H14N4O4/c26-21(24-22-13-14-7-9-15(10-8-14)25(27)28)17-12-19(20-6-3-11-29-20)23-18-5-2-1-4-16(17)18/h1-13H,(H,24,26)/b22-13-. The van der Waals surface area contributed by atoms with E-state index in [0.29, 0.717) is 33.5 Å². The molecule has 8 heteroatoms. The number of rotatable bonds is 5. The van der Waals surface area contributed by atoms with Crippen LogP contribution in [0.15, 0.2) is 82.5 Å². The van der Waals surface area contributed by atoms with Crippen LogP contribution in [0.25, 0.3) is 22.4 Å². The third-order valence-electron chi connectivity index (χ3n) is 4.22. The van der Waals surface area contributed by atoms with Gasteiger partial charge in [0.05, 0.1) is 28.5 Å². The molecule has 4 aromatic rings. The van der Waals surface area contributed by atoms with Crippen molar-refractivity contribution < 1.29 is 14.1 Å². The molecule has 0 saturated heterocycles. The minimum Gasteiger partial charge on any atom is -0.463 e. The van der Waals surface area contributed by atoms with Crippen molar-refractivity contribution in [3.63, 3.8) is 0 Å². The van der Waals surface area contributed by atoms with Gasteiger partial charge in [0.15, 0.2) is 5.76 Å². The molecule has 0 aliphatic rings. The first-order chi connectivity index (χ1) is 14.1. The number of nitrogens with zero attached hydrogens (tertiary/aromatic N) is 3. The number of hydrogen-bond donors (Lipinski definition) is 1. The van der Waals surface area contributed by atoms with Gasteiger partial charge in [-0.15, -0.1) is 0 Å². The lowest BCUT2D eigenvalue weighted by atomic mass is 10.1. The summed E-state index contributed by atoms with van der Waals surface area (Å²) in [6, 6.07) is 18.3. The maximum absolute atomic E-state index is 12.7. The Labute approximate surface area is 164 Å². The molecule has 2 aromatic heterocycles. The number of aromatic nitrogens is 1. The first-order valence-electron chi connectivity index (χ1n) is 8.63. The van der Waals surface area contributed by atoms with Gasteiger partial charge in [0.2, 0.25) is 0 Å². The number of para-hydroxylation sites is 1. The Morgan fingerprint density at radius 1 is 1.10 bits per heavy atom. The number of amides is 1. The van der Waals surface area contributed by atoms with Gasteiger partial charge in [-0.1, -0.05) is 18.2 Å². The van der Waals surface area contributed by atoms with Gasteiger partial charge in [0.1, 0.15) is 5.69 Å². The average molecular weight is 386 g/mol. The van der Waals surface area contributed by atoms with E-state index >= 15 is 0 Å². The summed E-state index contributed by atoms with van der Waals surface area (Å²) < 4.78 is 5.40. The van der Waals surface area contributed by atoms with Crippen molar-refractivity contribution in [1.82, 2.24) is 10.4 Å². The Morgan fingerprint density at radius 3 is 2.62 bits per heavy atom. The summed E-state index contributed by atoms with van der Waals surface area (Å²) in [5.41, 5.74) is 4.69. The highest BCUT2D eigenvalue weighted by Gasteiger charge is 2.14. The van der Waals surface area contributed by atoms with Crippen LogP contribution in [-0.4, -0.2) is 22.0 Å². The fourth-order valence-corrected chi connectivity index (χ4v) is 2.82. The Morgan fingerprint density at radius 2 is 1.90 bits per heavy atom. The zero-order valence-electron chi connectivity index (χ0n) is 15.0. The highest BCUT2D eigenvalue weighted by Crippen LogP contribution is 2.25. The van der Waals surface area contributed by atoms with Crippen molar-refractivity contribution in [3.8, 4) is 11.5 Å². The van der Waals surface area contributed by atoms with E-state index in [1.165, 1.54) is 18.3 Å². The molecule has 0 unspecified atom stereocenters. The maximum atomic E-state index is 12.7. The molecule has 1 amide bonds. The molecule has 2 aromatic carbocycles. The lowest BCUT2D eigenvalue weighted by molar-refractivity contribution is -0.384. The van der Waals surface area contributed by atoms with Crippen LogP contribution in [0.2, 0.25) is 0 Å². The number of non-ortho nitro benzene ring substituents is 1. The maximum Gasteiger partial charge on any atom is 0.272 e. The van der Waals surface area contributed by atoms with Crippen molar-refractivity contribution in [1.29, 1.82) is 0 Å². The molecule has 0 bridgehead atoms. The van der Waals surface area contributed by atoms with Crippen LogP contribution in [0.3, 0.4) is 0 Å². The summed E-state index contributed by atoms with van der Waals surface area (Å²) in [5, 5.41) is 15.3. The third-order valence-corrected chi connectivity index (χ3v) is 4.22. The summed E-state index contributed by atoms with van der Waals surface area (Å²) in [7, 11) is 0. The van der Waals surface area contributed by atoms with Gasteiger partial charge in [-0.05, 0) is 42.0 Å². The topological polar surface area (TPSA) is 111 Å². The zero-order chi connectivity index (χ0) is 20.2. The first kappa shape index (κ1) is 18.1. The summed E-state index contributed by atoms with van der Waals surface area (Å²) in [4.78, 5) is 27.5. The lowest BCUT2D eigenvalue weighted by Gasteiger charge is -2.07. The normalized spacial score (nSPS) is 11.0. The van der Waals surface area contributed by atoms with Crippen molar-refractivity contribution in [3.05, 3.63) is 94.2 Å². The van der Waals surface area contributed by atoms with Crippen LogP contribution in [0.5, 0.6) is 0 Å². The highest BCUT2D eigenvalue weighted by molar-refractivity contribution is 6.07. The van der Waals surface area contributed by atoms with E-state index in [4.69, 9.17) is 4.42 Å². The molecular formula is C21H14N4O4. The number of carbonyl (C=O) groups is 1. The van der Waals surface area contributed by atoms with Crippen LogP contribution in [0, 0.1) is 10.1 Å². The van der Waals surface area contributed by atoms with E-state index in [1.54, 1.807) is 36.6 Å². The van der Waals surface area contributed by atoms with E-state index in [0.717, 1.165) is 0 Å². The van der Waals surface area contributed by atoms with E-state index in [1.807, 2.05) is 24.3 Å². The van der Waals surface area contributed by atoms with Gasteiger partial charge in [-0.25, -0.2) is 10.4 Å². The highest BCUT2D eigenvalue weighted by atomic mass is 16.6. The number of carbonyl (C=O) groups excluding carboxylic acids is 1. The largest absolute Gasteiger partial charge is 0.463 e. The Balaban J connectivity index is 1.60. The molecule has 142 valence electrons. The van der Waals surface area contributed by atoms with Crippen molar-refractivity contribution >= 4 is 28.7 Å². The molecule has 4 rings (SSSR count). The number of nitrogens with one attached hydrogen (secondary N) is 1. The van der Waals surface area contributed by atoms with Crippen LogP contribution in [0.1, 0.15) is 15.9 Å². The number of furan rings is 1. The van der Waals surface area contributed by atoms with E-state index in [-0.39, 0.29) is 5.69 Å². The average Bonchev–Trinajstić information content (AvgIpc) is 3.28. The van der Waals surface area contributed by atoms with Crippen molar-refractivity contribution in [2.75, 3.05) is 0 Å². The molecular weight excluding hydrogens is 372 g/mol. The quantitative estimate of drug-likeness (QED) is 0.314. The number of fused-ring (bicyclic) bond motifs is 1. The lowest BCUT2D eigenvalue weighted by Crippen LogP contribution is -2.18. The molecule has 0 aliphatic heterocycles. The van der Waals surface area contributed by atoms with Gasteiger partial charge in [0, 0.05) is 17.5 Å². The predicted molar refractivity (Wildman–Crippen MR) is 108 cm³/mol. The summed E-state index contributed by atoms with van der Waals surface area (Å²) in [5.74, 6) is 0.147. The van der Waals surface area contributed by atoms with E-state index in [9.17, 15) is 14.9 Å². The molecule has 0 aliphatic carbocycles. The molecule has 0 radical (unpaired) electrons. The molecule has 0 spiro atoms. The molecule has 2 heterocycles. The van der Waals surface area contributed by atoms with Crippen LogP contribution in [0.4, 0.5) is 5.69 Å². The van der Waals surface area contributed by atoms with Crippen LogP contribution >= 0.6 is 0 Å².